The SMILES string of the molecule is Cc1ccc2c(c1)NC(=O)c1cc(S(=O)(=O)N(C)C(C)C)c(Cl)cc1O2. The van der Waals surface area contributed by atoms with Gasteiger partial charge in [-0.2, -0.15) is 4.31 Å². The molecule has 0 unspecified atom stereocenters. The molecule has 0 radical (unpaired) electrons. The summed E-state index contributed by atoms with van der Waals surface area (Å²) >= 11 is 6.23. The van der Waals surface area contributed by atoms with Crippen molar-refractivity contribution in [2.75, 3.05) is 12.4 Å². The lowest BCUT2D eigenvalue weighted by Crippen LogP contribution is -2.33. The molecule has 2 aromatic rings. The highest BCUT2D eigenvalue weighted by Crippen LogP contribution is 2.39. The van der Waals surface area contributed by atoms with E-state index in [-0.39, 0.29) is 27.3 Å². The lowest BCUT2D eigenvalue weighted by molar-refractivity contribution is 0.102. The number of aryl methyl sites for hydroxylation is 1. The minimum Gasteiger partial charge on any atom is -0.454 e. The van der Waals surface area contributed by atoms with Crippen molar-refractivity contribution in [3.05, 3.63) is 46.5 Å². The summed E-state index contributed by atoms with van der Waals surface area (Å²) in [6.07, 6.45) is 0. The van der Waals surface area contributed by atoms with E-state index >= 15 is 0 Å². The van der Waals surface area contributed by atoms with Gasteiger partial charge in [-0.1, -0.05) is 17.7 Å². The van der Waals surface area contributed by atoms with Crippen molar-refractivity contribution in [3.63, 3.8) is 0 Å². The number of carbonyl (C=O) groups is 1. The van der Waals surface area contributed by atoms with Crippen LogP contribution in [0, 0.1) is 6.92 Å². The number of halogens is 1. The molecule has 0 bridgehead atoms. The molecule has 0 aromatic heterocycles. The van der Waals surface area contributed by atoms with Crippen LogP contribution in [0.3, 0.4) is 0 Å². The lowest BCUT2D eigenvalue weighted by Gasteiger charge is -2.22. The molecule has 138 valence electrons. The normalized spacial score (nSPS) is 13.7. The third-order valence-corrected chi connectivity index (χ3v) is 6.76. The van der Waals surface area contributed by atoms with Crippen LogP contribution in [-0.4, -0.2) is 31.7 Å². The quantitative estimate of drug-likeness (QED) is 0.852. The van der Waals surface area contributed by atoms with Gasteiger partial charge in [-0.05, 0) is 44.5 Å². The molecule has 1 aliphatic heterocycles. The largest absolute Gasteiger partial charge is 0.454 e. The Balaban J connectivity index is 2.14. The van der Waals surface area contributed by atoms with E-state index in [4.69, 9.17) is 16.3 Å². The molecule has 0 atom stereocenters. The van der Waals surface area contributed by atoms with Crippen LogP contribution in [0.4, 0.5) is 5.69 Å². The van der Waals surface area contributed by atoms with Gasteiger partial charge in [0.15, 0.2) is 5.75 Å². The van der Waals surface area contributed by atoms with Gasteiger partial charge in [0.2, 0.25) is 10.0 Å². The Labute approximate surface area is 157 Å². The minimum atomic E-state index is -3.85. The van der Waals surface area contributed by atoms with Crippen molar-refractivity contribution < 1.29 is 17.9 Å². The molecular weight excluding hydrogens is 376 g/mol. The van der Waals surface area contributed by atoms with Crippen molar-refractivity contribution in [1.82, 2.24) is 4.31 Å². The zero-order valence-corrected chi connectivity index (χ0v) is 16.4. The number of rotatable bonds is 3. The number of hydrogen-bond acceptors (Lipinski definition) is 4. The second-order valence-electron chi connectivity index (χ2n) is 6.45. The monoisotopic (exact) mass is 394 g/mol. The van der Waals surface area contributed by atoms with Crippen molar-refractivity contribution in [2.45, 2.75) is 31.7 Å². The fraction of sp³-hybridized carbons (Fsp3) is 0.278. The maximum Gasteiger partial charge on any atom is 0.259 e. The number of anilines is 1. The smallest absolute Gasteiger partial charge is 0.259 e. The second kappa shape index (κ2) is 6.57. The van der Waals surface area contributed by atoms with Crippen molar-refractivity contribution in [1.29, 1.82) is 0 Å². The summed E-state index contributed by atoms with van der Waals surface area (Å²) in [4.78, 5) is 12.5. The first kappa shape index (κ1) is 18.7. The van der Waals surface area contributed by atoms with Gasteiger partial charge in [-0.15, -0.1) is 0 Å². The summed E-state index contributed by atoms with van der Waals surface area (Å²) in [5.74, 6) is 0.222. The number of amides is 1. The van der Waals surface area contributed by atoms with Gasteiger partial charge in [0.05, 0.1) is 16.3 Å². The zero-order chi connectivity index (χ0) is 19.2. The first-order valence-electron chi connectivity index (χ1n) is 8.02. The van der Waals surface area contributed by atoms with Gasteiger partial charge in [0.25, 0.3) is 5.91 Å². The Morgan fingerprint density at radius 1 is 1.15 bits per heavy atom. The zero-order valence-electron chi connectivity index (χ0n) is 14.8. The van der Waals surface area contributed by atoms with Crippen molar-refractivity contribution in [3.8, 4) is 11.5 Å². The van der Waals surface area contributed by atoms with E-state index in [0.29, 0.717) is 11.4 Å². The number of ether oxygens (including phenoxy) is 1. The predicted octanol–water partition coefficient (Wildman–Crippen LogP) is 4.04. The molecule has 0 aliphatic carbocycles. The average molecular weight is 395 g/mol. The average Bonchev–Trinajstić information content (AvgIpc) is 2.68. The number of hydrogen-bond donors (Lipinski definition) is 1. The van der Waals surface area contributed by atoms with E-state index in [1.165, 1.54) is 23.5 Å². The van der Waals surface area contributed by atoms with Crippen molar-refractivity contribution in [2.24, 2.45) is 0 Å². The van der Waals surface area contributed by atoms with Crippen LogP contribution in [0.15, 0.2) is 35.2 Å². The number of sulfonamides is 1. The Kier molecular flexibility index (Phi) is 4.72. The number of nitrogens with one attached hydrogen (secondary N) is 1. The standard InChI is InChI=1S/C18H19ClN2O4S/c1-10(2)21(4)26(23,24)17-8-12-16(9-13(17)19)25-15-6-5-11(3)7-14(15)20-18(12)22/h5-10H,1-4H3,(H,20,22). The highest BCUT2D eigenvalue weighted by molar-refractivity contribution is 7.89. The Hall–Kier alpha value is -2.09. The summed E-state index contributed by atoms with van der Waals surface area (Å²) < 4.78 is 32.6. The fourth-order valence-electron chi connectivity index (χ4n) is 2.57. The Morgan fingerprint density at radius 3 is 2.50 bits per heavy atom. The highest BCUT2D eigenvalue weighted by Gasteiger charge is 2.30. The third kappa shape index (κ3) is 3.18. The van der Waals surface area contributed by atoms with Crippen LogP contribution in [0.5, 0.6) is 11.5 Å². The summed E-state index contributed by atoms with van der Waals surface area (Å²) in [6.45, 7) is 5.40. The maximum absolute atomic E-state index is 12.8. The number of carbonyl (C=O) groups excluding carboxylic acids is 1. The van der Waals surface area contributed by atoms with Crippen LogP contribution in [0.1, 0.15) is 29.8 Å². The molecule has 0 fully saturated rings. The van der Waals surface area contributed by atoms with E-state index in [1.807, 2.05) is 13.0 Å². The van der Waals surface area contributed by atoms with Crippen LogP contribution in [-0.2, 0) is 10.0 Å². The van der Waals surface area contributed by atoms with Gasteiger partial charge in [0, 0.05) is 19.2 Å². The minimum absolute atomic E-state index is 0.000360. The van der Waals surface area contributed by atoms with Gasteiger partial charge in [-0.25, -0.2) is 8.42 Å². The fourth-order valence-corrected chi connectivity index (χ4v) is 4.45. The van der Waals surface area contributed by atoms with E-state index in [2.05, 4.69) is 5.32 Å². The third-order valence-electron chi connectivity index (χ3n) is 4.27. The van der Waals surface area contributed by atoms with Crippen LogP contribution in [0.25, 0.3) is 0 Å². The van der Waals surface area contributed by atoms with Crippen LogP contribution < -0.4 is 10.1 Å². The van der Waals surface area contributed by atoms with Gasteiger partial charge < -0.3 is 10.1 Å². The molecule has 0 spiro atoms. The van der Waals surface area contributed by atoms with Crippen LogP contribution in [0.2, 0.25) is 5.02 Å². The molecule has 1 aliphatic rings. The number of fused-ring (bicyclic) bond motifs is 2. The number of benzene rings is 2. The van der Waals surface area contributed by atoms with Gasteiger partial charge in [-0.3, -0.25) is 4.79 Å². The van der Waals surface area contributed by atoms with E-state index < -0.39 is 15.9 Å². The summed E-state index contributed by atoms with van der Waals surface area (Å²) in [7, 11) is -2.38. The lowest BCUT2D eigenvalue weighted by atomic mass is 10.2. The molecular formula is C18H19ClN2O4S. The van der Waals surface area contributed by atoms with Crippen molar-refractivity contribution >= 4 is 33.2 Å². The summed E-state index contributed by atoms with van der Waals surface area (Å²) in [6, 6.07) is 7.75. The molecule has 3 rings (SSSR count). The highest BCUT2D eigenvalue weighted by atomic mass is 35.5. The molecule has 0 saturated heterocycles. The van der Waals surface area contributed by atoms with E-state index in [9.17, 15) is 13.2 Å². The molecule has 1 N–H and O–H groups in total. The number of nitrogens with zero attached hydrogens (tertiary/aromatic N) is 1. The van der Waals surface area contributed by atoms with Gasteiger partial charge in [0.1, 0.15) is 10.6 Å². The van der Waals surface area contributed by atoms with Gasteiger partial charge >= 0.3 is 0 Å². The molecule has 2 aromatic carbocycles. The van der Waals surface area contributed by atoms with E-state index in [0.717, 1.165) is 5.56 Å². The topological polar surface area (TPSA) is 75.7 Å². The molecule has 1 heterocycles. The molecule has 1 amide bonds. The molecule has 6 nitrogen and oxygen atoms in total. The summed E-state index contributed by atoms with van der Waals surface area (Å²) in [5, 5.41) is 2.75. The first-order valence-corrected chi connectivity index (χ1v) is 9.84. The Bertz CT molecular complexity index is 1000. The molecule has 0 saturated carbocycles. The summed E-state index contributed by atoms with van der Waals surface area (Å²) in [5.41, 5.74) is 1.59. The molecule has 8 heteroatoms. The van der Waals surface area contributed by atoms with E-state index in [1.54, 1.807) is 26.0 Å². The Morgan fingerprint density at radius 2 is 1.85 bits per heavy atom. The maximum atomic E-state index is 12.8. The second-order valence-corrected chi connectivity index (χ2v) is 8.82. The van der Waals surface area contributed by atoms with Crippen LogP contribution >= 0.6 is 11.6 Å². The first-order chi connectivity index (χ1) is 12.1. The predicted molar refractivity (Wildman–Crippen MR) is 101 cm³/mol. The molecule has 26 heavy (non-hydrogen) atoms.